The Hall–Kier alpha value is -1.22. The topological polar surface area (TPSA) is 62.2 Å². The van der Waals surface area contributed by atoms with Crippen LogP contribution in [0.25, 0.3) is 0 Å². The van der Waals surface area contributed by atoms with E-state index in [0.29, 0.717) is 19.0 Å². The third kappa shape index (κ3) is 5.88. The molecule has 2 N–H and O–H groups in total. The van der Waals surface area contributed by atoms with Gasteiger partial charge in [0.1, 0.15) is 5.01 Å². The van der Waals surface area contributed by atoms with Gasteiger partial charge in [-0.15, -0.1) is 35.3 Å². The normalized spacial score (nSPS) is 11.2. The Kier molecular flexibility index (Phi) is 8.32. The number of aromatic nitrogens is 2. The number of rotatable bonds is 5. The van der Waals surface area contributed by atoms with Crippen molar-refractivity contribution in [2.24, 2.45) is 4.99 Å². The van der Waals surface area contributed by atoms with E-state index in [9.17, 15) is 0 Å². The molecule has 0 saturated carbocycles. The summed E-state index contributed by atoms with van der Waals surface area (Å²) in [5, 5.41) is 9.69. The highest BCUT2D eigenvalue weighted by molar-refractivity contribution is 14.0. The smallest absolute Gasteiger partial charge is 0.191 e. The second-order valence-electron chi connectivity index (χ2n) is 4.92. The van der Waals surface area contributed by atoms with Crippen molar-refractivity contribution in [2.75, 3.05) is 7.05 Å². The Morgan fingerprint density at radius 3 is 2.64 bits per heavy atom. The molecule has 0 aliphatic rings. The number of hydrogen-bond acceptors (Lipinski definition) is 4. The molecule has 0 aliphatic carbocycles. The van der Waals surface area contributed by atoms with Crippen LogP contribution in [0.2, 0.25) is 0 Å². The van der Waals surface area contributed by atoms with Gasteiger partial charge in [0.25, 0.3) is 0 Å². The van der Waals surface area contributed by atoms with Gasteiger partial charge >= 0.3 is 0 Å². The lowest BCUT2D eigenvalue weighted by Crippen LogP contribution is -2.36. The van der Waals surface area contributed by atoms with Gasteiger partial charge in [0.2, 0.25) is 0 Å². The maximum absolute atomic E-state index is 4.60. The molecule has 0 aromatic carbocycles. The lowest BCUT2D eigenvalue weighted by molar-refractivity contribution is 0.777. The molecule has 0 bridgehead atoms. The molecule has 22 heavy (non-hydrogen) atoms. The van der Waals surface area contributed by atoms with Crippen LogP contribution in [0.15, 0.2) is 34.8 Å². The average Bonchev–Trinajstić information content (AvgIpc) is 2.98. The summed E-state index contributed by atoms with van der Waals surface area (Å²) in [5.74, 6) is 1.22. The van der Waals surface area contributed by atoms with E-state index in [4.69, 9.17) is 0 Å². The fourth-order valence-electron chi connectivity index (χ4n) is 1.73. The number of thiazole rings is 1. The van der Waals surface area contributed by atoms with Crippen molar-refractivity contribution in [3.05, 3.63) is 46.2 Å². The maximum atomic E-state index is 4.60. The molecule has 120 valence electrons. The highest BCUT2D eigenvalue weighted by Gasteiger charge is 2.06. The molecule has 0 unspecified atom stereocenters. The van der Waals surface area contributed by atoms with Gasteiger partial charge in [0.05, 0.1) is 24.5 Å². The average molecular weight is 431 g/mol. The molecule has 7 heteroatoms. The molecular weight excluding hydrogens is 409 g/mol. The SMILES string of the molecule is CN=C(NCc1ccccn1)NCc1nc(C(C)C)cs1.I. The quantitative estimate of drug-likeness (QED) is 0.434. The summed E-state index contributed by atoms with van der Waals surface area (Å²) in [5.41, 5.74) is 2.13. The summed E-state index contributed by atoms with van der Waals surface area (Å²) >= 11 is 1.68. The van der Waals surface area contributed by atoms with E-state index in [0.717, 1.165) is 22.4 Å². The van der Waals surface area contributed by atoms with Gasteiger partial charge in [0.15, 0.2) is 5.96 Å². The molecular formula is C15H22IN5S. The summed E-state index contributed by atoms with van der Waals surface area (Å²) in [4.78, 5) is 13.1. The third-order valence-corrected chi connectivity index (χ3v) is 3.82. The zero-order valence-electron chi connectivity index (χ0n) is 13.0. The number of nitrogens with zero attached hydrogens (tertiary/aromatic N) is 3. The van der Waals surface area contributed by atoms with E-state index in [2.05, 4.69) is 44.8 Å². The Balaban J connectivity index is 0.00000242. The number of nitrogens with one attached hydrogen (secondary N) is 2. The van der Waals surface area contributed by atoms with Crippen LogP contribution in [-0.2, 0) is 13.1 Å². The first kappa shape index (κ1) is 18.8. The minimum atomic E-state index is 0. The van der Waals surface area contributed by atoms with E-state index < -0.39 is 0 Å². The van der Waals surface area contributed by atoms with Crippen molar-refractivity contribution >= 4 is 41.3 Å². The van der Waals surface area contributed by atoms with Crippen molar-refractivity contribution in [3.8, 4) is 0 Å². The first-order valence-electron chi connectivity index (χ1n) is 6.97. The first-order chi connectivity index (χ1) is 10.2. The second kappa shape index (κ2) is 9.73. The minimum absolute atomic E-state index is 0. The lowest BCUT2D eigenvalue weighted by atomic mass is 10.2. The number of guanidine groups is 1. The number of pyridine rings is 1. The van der Waals surface area contributed by atoms with Gasteiger partial charge in [-0.2, -0.15) is 0 Å². The van der Waals surface area contributed by atoms with Gasteiger partial charge in [0, 0.05) is 18.6 Å². The largest absolute Gasteiger partial charge is 0.351 e. The van der Waals surface area contributed by atoms with Crippen molar-refractivity contribution < 1.29 is 0 Å². The van der Waals surface area contributed by atoms with Crippen LogP contribution in [0.4, 0.5) is 0 Å². The molecule has 5 nitrogen and oxygen atoms in total. The lowest BCUT2D eigenvalue weighted by Gasteiger charge is -2.10. The highest BCUT2D eigenvalue weighted by atomic mass is 127. The summed E-state index contributed by atoms with van der Waals surface area (Å²) < 4.78 is 0. The summed E-state index contributed by atoms with van der Waals surface area (Å²) in [6, 6.07) is 5.87. The Labute approximate surface area is 152 Å². The number of halogens is 1. The van der Waals surface area contributed by atoms with E-state index in [1.807, 2.05) is 18.2 Å². The van der Waals surface area contributed by atoms with Crippen LogP contribution in [0, 0.1) is 0 Å². The molecule has 0 saturated heterocycles. The van der Waals surface area contributed by atoms with Crippen molar-refractivity contribution in [1.29, 1.82) is 0 Å². The molecule has 0 atom stereocenters. The van der Waals surface area contributed by atoms with Crippen molar-refractivity contribution in [2.45, 2.75) is 32.9 Å². The van der Waals surface area contributed by atoms with E-state index >= 15 is 0 Å². The fraction of sp³-hybridized carbons (Fsp3) is 0.400. The zero-order valence-corrected chi connectivity index (χ0v) is 16.2. The van der Waals surface area contributed by atoms with E-state index in [1.54, 1.807) is 24.6 Å². The van der Waals surface area contributed by atoms with Crippen molar-refractivity contribution in [1.82, 2.24) is 20.6 Å². The molecule has 2 aromatic rings. The molecule has 0 radical (unpaired) electrons. The third-order valence-electron chi connectivity index (χ3n) is 2.95. The monoisotopic (exact) mass is 431 g/mol. The van der Waals surface area contributed by atoms with Gasteiger partial charge in [-0.25, -0.2) is 4.98 Å². The highest BCUT2D eigenvalue weighted by Crippen LogP contribution is 2.17. The predicted octanol–water partition coefficient (Wildman–Crippen LogP) is 3.14. The summed E-state index contributed by atoms with van der Waals surface area (Å²) in [7, 11) is 1.76. The van der Waals surface area contributed by atoms with Crippen LogP contribution in [0.1, 0.15) is 36.2 Å². The Morgan fingerprint density at radius 1 is 1.27 bits per heavy atom. The van der Waals surface area contributed by atoms with Gasteiger partial charge in [-0.3, -0.25) is 9.98 Å². The number of aliphatic imine (C=N–C) groups is 1. The number of hydrogen-bond donors (Lipinski definition) is 2. The molecule has 0 spiro atoms. The van der Waals surface area contributed by atoms with Crippen LogP contribution in [0.5, 0.6) is 0 Å². The van der Waals surface area contributed by atoms with E-state index in [-0.39, 0.29) is 24.0 Å². The Morgan fingerprint density at radius 2 is 2.05 bits per heavy atom. The minimum Gasteiger partial charge on any atom is -0.351 e. The van der Waals surface area contributed by atoms with Gasteiger partial charge < -0.3 is 10.6 Å². The van der Waals surface area contributed by atoms with Crippen LogP contribution in [-0.4, -0.2) is 23.0 Å². The maximum Gasteiger partial charge on any atom is 0.191 e. The van der Waals surface area contributed by atoms with Crippen LogP contribution in [0.3, 0.4) is 0 Å². The molecule has 2 heterocycles. The molecule has 0 amide bonds. The van der Waals surface area contributed by atoms with Crippen LogP contribution < -0.4 is 10.6 Å². The zero-order chi connectivity index (χ0) is 15.1. The molecule has 0 fully saturated rings. The second-order valence-corrected chi connectivity index (χ2v) is 5.86. The van der Waals surface area contributed by atoms with Gasteiger partial charge in [-0.1, -0.05) is 19.9 Å². The van der Waals surface area contributed by atoms with E-state index in [1.165, 1.54) is 0 Å². The molecule has 2 rings (SSSR count). The summed E-state index contributed by atoms with van der Waals surface area (Å²) in [6.45, 7) is 5.63. The summed E-state index contributed by atoms with van der Waals surface area (Å²) in [6.07, 6.45) is 1.79. The standard InChI is InChI=1S/C15H21N5S.HI/c1-11(2)13-10-21-14(20-13)9-19-15(16-3)18-8-12-6-4-5-7-17-12;/h4-7,10-11H,8-9H2,1-3H3,(H2,16,18,19);1H. The predicted molar refractivity (Wildman–Crippen MR) is 103 cm³/mol. The molecule has 2 aromatic heterocycles. The van der Waals surface area contributed by atoms with Crippen LogP contribution >= 0.6 is 35.3 Å². The molecule has 0 aliphatic heterocycles. The van der Waals surface area contributed by atoms with Crippen molar-refractivity contribution in [3.63, 3.8) is 0 Å². The Bertz CT molecular complexity index is 583. The van der Waals surface area contributed by atoms with Gasteiger partial charge in [-0.05, 0) is 18.1 Å². The first-order valence-corrected chi connectivity index (χ1v) is 7.85. The fourth-order valence-corrected chi connectivity index (χ4v) is 2.62.